The van der Waals surface area contributed by atoms with Gasteiger partial charge < -0.3 is 9.64 Å². The molecule has 0 fully saturated rings. The van der Waals surface area contributed by atoms with Crippen molar-refractivity contribution in [2.45, 2.75) is 32.6 Å². The number of nitrogens with zero attached hydrogens (tertiary/aromatic N) is 1. The number of amides is 1. The molecule has 0 N–H and O–H groups in total. The summed E-state index contributed by atoms with van der Waals surface area (Å²) >= 11 is 0. The lowest BCUT2D eigenvalue weighted by molar-refractivity contribution is -0.141. The summed E-state index contributed by atoms with van der Waals surface area (Å²) in [6.45, 7) is 5.27. The topological polar surface area (TPSA) is 46.6 Å². The molecule has 0 saturated heterocycles. The minimum Gasteiger partial charge on any atom is -0.469 e. The van der Waals surface area contributed by atoms with Crippen LogP contribution in [0.1, 0.15) is 43.7 Å². The van der Waals surface area contributed by atoms with Crippen LogP contribution in [0.3, 0.4) is 0 Å². The SMILES string of the molecule is COC(=O)CCN(CCC(C)C)C(=O)C(c1ccccc1)c1ccccc1. The van der Waals surface area contributed by atoms with Crippen molar-refractivity contribution in [3.8, 4) is 0 Å². The van der Waals surface area contributed by atoms with E-state index in [9.17, 15) is 9.59 Å². The van der Waals surface area contributed by atoms with Crippen LogP contribution in [0.2, 0.25) is 0 Å². The third-order valence-corrected chi connectivity index (χ3v) is 4.61. The normalized spacial score (nSPS) is 10.9. The first-order chi connectivity index (χ1) is 13.0. The van der Waals surface area contributed by atoms with Gasteiger partial charge in [-0.1, -0.05) is 74.5 Å². The predicted molar refractivity (Wildman–Crippen MR) is 107 cm³/mol. The van der Waals surface area contributed by atoms with Gasteiger partial charge in [-0.05, 0) is 23.5 Å². The van der Waals surface area contributed by atoms with Gasteiger partial charge in [-0.15, -0.1) is 0 Å². The van der Waals surface area contributed by atoms with Crippen LogP contribution in [0.4, 0.5) is 0 Å². The van der Waals surface area contributed by atoms with Crippen LogP contribution in [-0.4, -0.2) is 37.0 Å². The first kappa shape index (κ1) is 20.7. The number of rotatable bonds is 9. The number of esters is 1. The molecule has 0 spiro atoms. The summed E-state index contributed by atoms with van der Waals surface area (Å²) in [6, 6.07) is 19.6. The van der Waals surface area contributed by atoms with E-state index < -0.39 is 0 Å². The van der Waals surface area contributed by atoms with Crippen molar-refractivity contribution in [1.29, 1.82) is 0 Å². The molecule has 144 valence electrons. The minimum absolute atomic E-state index is 0.0250. The lowest BCUT2D eigenvalue weighted by Gasteiger charge is -2.28. The Hall–Kier alpha value is -2.62. The summed E-state index contributed by atoms with van der Waals surface area (Å²) < 4.78 is 4.76. The number of ether oxygens (including phenoxy) is 1. The first-order valence-electron chi connectivity index (χ1n) is 9.48. The van der Waals surface area contributed by atoms with Crippen LogP contribution in [0.25, 0.3) is 0 Å². The fourth-order valence-corrected chi connectivity index (χ4v) is 3.03. The van der Waals surface area contributed by atoms with Gasteiger partial charge >= 0.3 is 5.97 Å². The Morgan fingerprint density at radius 1 is 0.889 bits per heavy atom. The third-order valence-electron chi connectivity index (χ3n) is 4.61. The largest absolute Gasteiger partial charge is 0.469 e. The molecule has 2 rings (SSSR count). The number of carbonyl (C=O) groups excluding carboxylic acids is 2. The zero-order chi connectivity index (χ0) is 19.6. The number of methoxy groups -OCH3 is 1. The maximum absolute atomic E-state index is 13.5. The quantitative estimate of drug-likeness (QED) is 0.622. The van der Waals surface area contributed by atoms with E-state index in [1.54, 1.807) is 0 Å². The molecule has 0 aliphatic rings. The molecule has 2 aromatic rings. The number of carbonyl (C=O) groups is 2. The molecule has 0 atom stereocenters. The Morgan fingerprint density at radius 2 is 1.41 bits per heavy atom. The molecular weight excluding hydrogens is 338 g/mol. The zero-order valence-electron chi connectivity index (χ0n) is 16.4. The first-order valence-corrected chi connectivity index (χ1v) is 9.48. The molecule has 0 aromatic heterocycles. The van der Waals surface area contributed by atoms with Gasteiger partial charge in [0, 0.05) is 13.1 Å². The average molecular weight is 367 g/mol. The Balaban J connectivity index is 2.31. The van der Waals surface area contributed by atoms with Crippen LogP contribution in [0.15, 0.2) is 60.7 Å². The highest BCUT2D eigenvalue weighted by atomic mass is 16.5. The summed E-state index contributed by atoms with van der Waals surface area (Å²) in [5.41, 5.74) is 1.92. The lowest BCUT2D eigenvalue weighted by Crippen LogP contribution is -2.38. The molecule has 0 bridgehead atoms. The second-order valence-corrected chi connectivity index (χ2v) is 7.09. The smallest absolute Gasteiger partial charge is 0.307 e. The highest BCUT2D eigenvalue weighted by Crippen LogP contribution is 2.27. The predicted octanol–water partition coefficient (Wildman–Crippen LogP) is 4.26. The monoisotopic (exact) mass is 367 g/mol. The molecule has 0 radical (unpaired) electrons. The number of benzene rings is 2. The minimum atomic E-state index is -0.378. The lowest BCUT2D eigenvalue weighted by atomic mass is 9.89. The van der Waals surface area contributed by atoms with E-state index in [0.717, 1.165) is 17.5 Å². The second kappa shape index (κ2) is 10.5. The maximum Gasteiger partial charge on any atom is 0.307 e. The van der Waals surface area contributed by atoms with Gasteiger partial charge in [0.25, 0.3) is 0 Å². The van der Waals surface area contributed by atoms with Gasteiger partial charge in [-0.3, -0.25) is 9.59 Å². The summed E-state index contributed by atoms with van der Waals surface area (Å²) in [5.74, 6) is -0.173. The molecule has 4 nitrogen and oxygen atoms in total. The molecule has 4 heteroatoms. The van der Waals surface area contributed by atoms with Crippen molar-refractivity contribution < 1.29 is 14.3 Å². The molecule has 27 heavy (non-hydrogen) atoms. The van der Waals surface area contributed by atoms with Crippen LogP contribution < -0.4 is 0 Å². The van der Waals surface area contributed by atoms with Crippen molar-refractivity contribution in [2.24, 2.45) is 5.92 Å². The second-order valence-electron chi connectivity index (χ2n) is 7.09. The van der Waals surface area contributed by atoms with Gasteiger partial charge in [0.1, 0.15) is 0 Å². The van der Waals surface area contributed by atoms with Crippen LogP contribution in [-0.2, 0) is 14.3 Å². The highest BCUT2D eigenvalue weighted by Gasteiger charge is 2.27. The summed E-state index contributed by atoms with van der Waals surface area (Å²) in [4.78, 5) is 27.0. The third kappa shape index (κ3) is 6.24. The Morgan fingerprint density at radius 3 is 1.85 bits per heavy atom. The van der Waals surface area contributed by atoms with Gasteiger partial charge in [-0.2, -0.15) is 0 Å². The fourth-order valence-electron chi connectivity index (χ4n) is 3.03. The zero-order valence-corrected chi connectivity index (χ0v) is 16.4. The van der Waals surface area contributed by atoms with Crippen molar-refractivity contribution in [3.63, 3.8) is 0 Å². The van der Waals surface area contributed by atoms with Gasteiger partial charge in [-0.25, -0.2) is 0 Å². The van der Waals surface area contributed by atoms with E-state index >= 15 is 0 Å². The molecule has 0 saturated carbocycles. The molecule has 0 aliphatic carbocycles. The Kier molecular flexibility index (Phi) is 8.05. The van der Waals surface area contributed by atoms with E-state index in [-0.39, 0.29) is 24.2 Å². The van der Waals surface area contributed by atoms with Crippen LogP contribution >= 0.6 is 0 Å². The molecule has 0 aliphatic heterocycles. The number of hydrogen-bond donors (Lipinski definition) is 0. The van der Waals surface area contributed by atoms with E-state index in [1.165, 1.54) is 7.11 Å². The highest BCUT2D eigenvalue weighted by molar-refractivity contribution is 5.87. The van der Waals surface area contributed by atoms with Crippen LogP contribution in [0.5, 0.6) is 0 Å². The Labute approximate surface area is 162 Å². The summed E-state index contributed by atoms with van der Waals surface area (Å²) in [6.07, 6.45) is 1.10. The van der Waals surface area contributed by atoms with E-state index in [2.05, 4.69) is 13.8 Å². The summed E-state index contributed by atoms with van der Waals surface area (Å²) in [7, 11) is 1.37. The van der Waals surface area contributed by atoms with Crippen molar-refractivity contribution in [2.75, 3.05) is 20.2 Å². The molecule has 1 amide bonds. The Bertz CT molecular complexity index is 673. The molecular formula is C23H29NO3. The van der Waals surface area contributed by atoms with Crippen molar-refractivity contribution in [1.82, 2.24) is 4.90 Å². The van der Waals surface area contributed by atoms with Crippen molar-refractivity contribution >= 4 is 11.9 Å². The van der Waals surface area contributed by atoms with E-state index in [0.29, 0.717) is 19.0 Å². The molecule has 0 unspecified atom stereocenters. The average Bonchev–Trinajstić information content (AvgIpc) is 2.69. The van der Waals surface area contributed by atoms with Gasteiger partial charge in [0.15, 0.2) is 0 Å². The standard InChI is InChI=1S/C23H29NO3/c1-18(2)14-16-24(17-15-21(25)27-3)23(26)22(19-10-6-4-7-11-19)20-12-8-5-9-13-20/h4-13,18,22H,14-17H2,1-3H3. The van der Waals surface area contributed by atoms with Crippen LogP contribution in [0, 0.1) is 5.92 Å². The van der Waals surface area contributed by atoms with Gasteiger partial charge in [0.05, 0.1) is 19.4 Å². The molecule has 0 heterocycles. The molecule has 2 aromatic carbocycles. The van der Waals surface area contributed by atoms with E-state index in [1.807, 2.05) is 65.6 Å². The fraction of sp³-hybridized carbons (Fsp3) is 0.391. The summed E-state index contributed by atoms with van der Waals surface area (Å²) in [5, 5.41) is 0. The van der Waals surface area contributed by atoms with Crippen molar-refractivity contribution in [3.05, 3.63) is 71.8 Å². The number of hydrogen-bond acceptors (Lipinski definition) is 3. The maximum atomic E-state index is 13.5. The van der Waals surface area contributed by atoms with Gasteiger partial charge in [0.2, 0.25) is 5.91 Å². The van der Waals surface area contributed by atoms with E-state index in [4.69, 9.17) is 4.74 Å².